The van der Waals surface area contributed by atoms with Crippen LogP contribution in [0.5, 0.6) is 5.75 Å². The van der Waals surface area contributed by atoms with E-state index in [2.05, 4.69) is 5.32 Å². The molecule has 134 valence electrons. The number of hydrogen-bond donors (Lipinski definition) is 4. The molecule has 4 N–H and O–H groups in total. The molecule has 0 aliphatic rings. The van der Waals surface area contributed by atoms with Crippen molar-refractivity contribution in [2.45, 2.75) is 38.6 Å². The second kappa shape index (κ2) is 7.98. The van der Waals surface area contributed by atoms with Crippen LogP contribution in [0, 0.1) is 0 Å². The number of ether oxygens (including phenoxy) is 2. The predicted octanol–water partition coefficient (Wildman–Crippen LogP) is 1.31. The highest BCUT2D eigenvalue weighted by Crippen LogP contribution is 2.24. The topological polar surface area (TPSA) is 125 Å². The number of carbonyl (C=O) groups excluding carboxylic acids is 1. The van der Waals surface area contributed by atoms with Gasteiger partial charge in [0.05, 0.1) is 12.7 Å². The number of carboxylic acids is 1. The second-order valence-corrected chi connectivity index (χ2v) is 6.19. The lowest BCUT2D eigenvalue weighted by Gasteiger charge is -2.22. The minimum Gasteiger partial charge on any atom is -0.497 e. The first-order valence-corrected chi connectivity index (χ1v) is 7.28. The van der Waals surface area contributed by atoms with Gasteiger partial charge in [-0.1, -0.05) is 0 Å². The third kappa shape index (κ3) is 6.05. The van der Waals surface area contributed by atoms with Crippen molar-refractivity contribution >= 4 is 12.1 Å². The average Bonchev–Trinajstić information content (AvgIpc) is 2.49. The molecule has 2 atom stereocenters. The van der Waals surface area contributed by atoms with Crippen molar-refractivity contribution in [3.63, 3.8) is 0 Å². The van der Waals surface area contributed by atoms with Crippen LogP contribution in [-0.4, -0.2) is 52.7 Å². The maximum Gasteiger partial charge on any atom is 0.407 e. The number of hydrogen-bond acceptors (Lipinski definition) is 6. The highest BCUT2D eigenvalue weighted by molar-refractivity contribution is 5.88. The molecule has 0 aliphatic carbocycles. The first-order chi connectivity index (χ1) is 11.0. The van der Waals surface area contributed by atoms with E-state index >= 15 is 0 Å². The van der Waals surface area contributed by atoms with E-state index in [4.69, 9.17) is 14.6 Å². The molecule has 0 spiro atoms. The summed E-state index contributed by atoms with van der Waals surface area (Å²) in [4.78, 5) is 22.6. The van der Waals surface area contributed by atoms with Gasteiger partial charge in [0.25, 0.3) is 0 Å². The van der Waals surface area contributed by atoms with Gasteiger partial charge in [0.2, 0.25) is 0 Å². The molecular weight excluding hydrogens is 318 g/mol. The minimum atomic E-state index is -1.41. The number of rotatable bonds is 6. The van der Waals surface area contributed by atoms with Gasteiger partial charge in [-0.15, -0.1) is 0 Å². The quantitative estimate of drug-likeness (QED) is 0.615. The largest absolute Gasteiger partial charge is 0.497 e. The Kier molecular flexibility index (Phi) is 6.56. The molecule has 0 aliphatic heterocycles. The summed E-state index contributed by atoms with van der Waals surface area (Å²) in [6.07, 6.45) is -3.50. The van der Waals surface area contributed by atoms with Crippen LogP contribution in [0.25, 0.3) is 0 Å². The van der Waals surface area contributed by atoms with Gasteiger partial charge in [-0.05, 0) is 44.5 Å². The average molecular weight is 341 g/mol. The molecule has 8 nitrogen and oxygen atoms in total. The highest BCUT2D eigenvalue weighted by atomic mass is 16.6. The number of aliphatic hydroxyl groups excluding tert-OH is 2. The molecule has 0 saturated heterocycles. The van der Waals surface area contributed by atoms with Gasteiger partial charge in [0.15, 0.2) is 0 Å². The smallest absolute Gasteiger partial charge is 0.407 e. The van der Waals surface area contributed by atoms with E-state index in [1.807, 2.05) is 0 Å². The number of methoxy groups -OCH3 is 1. The molecule has 24 heavy (non-hydrogen) atoms. The minimum absolute atomic E-state index is 0.0873. The standard InChI is InChI=1S/C16H23NO7/c1-16(2,3)24-15(22)17-8-12(18)13(19)9-5-10(14(20)21)7-11(6-9)23-4/h5-7,12-13,18-19H,8H2,1-4H3,(H,17,22)(H,20,21). The Bertz CT molecular complexity index is 595. The zero-order chi connectivity index (χ0) is 18.5. The lowest BCUT2D eigenvalue weighted by atomic mass is 10.0. The van der Waals surface area contributed by atoms with Crippen molar-refractivity contribution < 1.29 is 34.4 Å². The second-order valence-electron chi connectivity index (χ2n) is 6.19. The van der Waals surface area contributed by atoms with E-state index in [0.29, 0.717) is 0 Å². The third-order valence-corrected chi connectivity index (χ3v) is 2.97. The first kappa shape index (κ1) is 19.7. The molecule has 1 aromatic carbocycles. The fraction of sp³-hybridized carbons (Fsp3) is 0.500. The summed E-state index contributed by atoms with van der Waals surface area (Å²) in [7, 11) is 1.36. The van der Waals surface area contributed by atoms with Crippen LogP contribution in [0.3, 0.4) is 0 Å². The molecule has 0 radical (unpaired) electrons. The summed E-state index contributed by atoms with van der Waals surface area (Å²) in [6, 6.07) is 3.93. The number of carboxylic acid groups (broad SMARTS) is 1. The van der Waals surface area contributed by atoms with Crippen LogP contribution in [0.1, 0.15) is 42.8 Å². The predicted molar refractivity (Wildman–Crippen MR) is 85.2 cm³/mol. The van der Waals surface area contributed by atoms with Gasteiger partial charge in [0.1, 0.15) is 23.6 Å². The molecule has 8 heteroatoms. The maximum atomic E-state index is 11.5. The van der Waals surface area contributed by atoms with E-state index in [0.717, 1.165) is 0 Å². The van der Waals surface area contributed by atoms with Gasteiger partial charge in [-0.25, -0.2) is 9.59 Å². The molecule has 0 heterocycles. The summed E-state index contributed by atoms with van der Waals surface area (Å²) in [5.74, 6) is -0.958. The lowest BCUT2D eigenvalue weighted by molar-refractivity contribution is 0.0128. The molecule has 0 saturated carbocycles. The van der Waals surface area contributed by atoms with Crippen LogP contribution in [0.4, 0.5) is 4.79 Å². The van der Waals surface area contributed by atoms with Gasteiger partial charge in [0, 0.05) is 6.54 Å². The van der Waals surface area contributed by atoms with Crippen LogP contribution in [0.2, 0.25) is 0 Å². The van der Waals surface area contributed by atoms with E-state index in [-0.39, 0.29) is 23.4 Å². The fourth-order valence-corrected chi connectivity index (χ4v) is 1.87. The summed E-state index contributed by atoms with van der Waals surface area (Å²) in [5.41, 5.74) is -0.613. The Labute approximate surface area is 140 Å². The van der Waals surface area contributed by atoms with Crippen molar-refractivity contribution in [3.8, 4) is 5.75 Å². The number of amides is 1. The van der Waals surface area contributed by atoms with Crippen molar-refractivity contribution in [1.29, 1.82) is 0 Å². The van der Waals surface area contributed by atoms with Gasteiger partial charge < -0.3 is 30.1 Å². The van der Waals surface area contributed by atoms with Crippen molar-refractivity contribution in [2.75, 3.05) is 13.7 Å². The van der Waals surface area contributed by atoms with E-state index in [1.165, 1.54) is 25.3 Å². The lowest BCUT2D eigenvalue weighted by Crippen LogP contribution is -2.38. The number of aliphatic hydroxyl groups is 2. The van der Waals surface area contributed by atoms with Crippen LogP contribution >= 0.6 is 0 Å². The SMILES string of the molecule is COc1cc(C(=O)O)cc(C(O)C(O)CNC(=O)OC(C)(C)C)c1. The summed E-state index contributed by atoms with van der Waals surface area (Å²) >= 11 is 0. The Morgan fingerprint density at radius 1 is 1.21 bits per heavy atom. The molecule has 1 amide bonds. The molecule has 1 aromatic rings. The van der Waals surface area contributed by atoms with Crippen molar-refractivity contribution in [3.05, 3.63) is 29.3 Å². The van der Waals surface area contributed by atoms with Crippen LogP contribution < -0.4 is 10.1 Å². The first-order valence-electron chi connectivity index (χ1n) is 7.28. The van der Waals surface area contributed by atoms with Crippen molar-refractivity contribution in [1.82, 2.24) is 5.32 Å². The van der Waals surface area contributed by atoms with Gasteiger partial charge in [-0.3, -0.25) is 0 Å². The highest BCUT2D eigenvalue weighted by Gasteiger charge is 2.23. The zero-order valence-electron chi connectivity index (χ0n) is 14.1. The Hall–Kier alpha value is -2.32. The van der Waals surface area contributed by atoms with Gasteiger partial charge >= 0.3 is 12.1 Å². The van der Waals surface area contributed by atoms with Crippen LogP contribution in [0.15, 0.2) is 18.2 Å². The third-order valence-electron chi connectivity index (χ3n) is 2.97. The summed E-state index contributed by atoms with van der Waals surface area (Å²) < 4.78 is 10.0. The van der Waals surface area contributed by atoms with E-state index in [9.17, 15) is 19.8 Å². The molecule has 2 unspecified atom stereocenters. The number of benzene rings is 1. The molecule has 0 bridgehead atoms. The Morgan fingerprint density at radius 2 is 1.83 bits per heavy atom. The molecular formula is C16H23NO7. The normalized spacial score (nSPS) is 13.8. The summed E-state index contributed by atoms with van der Waals surface area (Å²) in [6.45, 7) is 4.82. The van der Waals surface area contributed by atoms with E-state index < -0.39 is 29.9 Å². The number of carbonyl (C=O) groups is 2. The number of aromatic carboxylic acids is 1. The molecule has 0 aromatic heterocycles. The van der Waals surface area contributed by atoms with Crippen molar-refractivity contribution in [2.24, 2.45) is 0 Å². The van der Waals surface area contributed by atoms with Gasteiger partial charge in [-0.2, -0.15) is 0 Å². The molecule has 1 rings (SSSR count). The van der Waals surface area contributed by atoms with Crippen LogP contribution in [-0.2, 0) is 4.74 Å². The monoisotopic (exact) mass is 341 g/mol. The van der Waals surface area contributed by atoms with E-state index in [1.54, 1.807) is 20.8 Å². The maximum absolute atomic E-state index is 11.5. The molecule has 0 fully saturated rings. The fourth-order valence-electron chi connectivity index (χ4n) is 1.87. The Morgan fingerprint density at radius 3 is 2.33 bits per heavy atom. The number of alkyl carbamates (subject to hydrolysis) is 1. The Balaban J connectivity index is 2.78. The zero-order valence-corrected chi connectivity index (χ0v) is 14.1. The number of nitrogens with one attached hydrogen (secondary N) is 1. The summed E-state index contributed by atoms with van der Waals surface area (Å²) in [5, 5.41) is 31.6.